The van der Waals surface area contributed by atoms with Crippen LogP contribution in [-0.4, -0.2) is 50.6 Å². The summed E-state index contributed by atoms with van der Waals surface area (Å²) in [5.74, 6) is -0.972. The van der Waals surface area contributed by atoms with Gasteiger partial charge in [-0.15, -0.1) is 0 Å². The second kappa shape index (κ2) is 9.56. The minimum absolute atomic E-state index is 0.148. The Hall–Kier alpha value is -3.10. The Bertz CT molecular complexity index is 734. The second-order valence-electron chi connectivity index (χ2n) is 5.90. The molecule has 2 rings (SSSR count). The quantitative estimate of drug-likeness (QED) is 0.520. The van der Waals surface area contributed by atoms with Gasteiger partial charge in [0.05, 0.1) is 19.4 Å². The normalized spacial score (nSPS) is 13.8. The lowest BCUT2D eigenvalue weighted by Crippen LogP contribution is -2.49. The molecule has 9 heteroatoms. The standard InChI is InChI=1S/C18H23N3O6/c1-3-4-9-27-16(23)11-19-17(24)12-5-6-14(26-2)13(10-12)21-8-7-15(22)20-18(21)25/h5-6,10H,3-4,7-9,11H2,1-2H3,(H,19,24)(H,20,22,25). The molecule has 4 amide bonds. The van der Waals surface area contributed by atoms with Gasteiger partial charge in [-0.2, -0.15) is 0 Å². The summed E-state index contributed by atoms with van der Waals surface area (Å²) in [5.41, 5.74) is 0.609. The molecule has 1 aliphatic heterocycles. The zero-order chi connectivity index (χ0) is 19.8. The molecule has 0 aliphatic carbocycles. The van der Waals surface area contributed by atoms with Crippen LogP contribution in [0.3, 0.4) is 0 Å². The Morgan fingerprint density at radius 3 is 2.74 bits per heavy atom. The number of imide groups is 1. The van der Waals surface area contributed by atoms with Gasteiger partial charge in [-0.3, -0.25) is 24.6 Å². The van der Waals surface area contributed by atoms with Crippen molar-refractivity contribution in [3.05, 3.63) is 23.8 Å². The largest absolute Gasteiger partial charge is 0.495 e. The molecule has 2 N–H and O–H groups in total. The smallest absolute Gasteiger partial charge is 0.328 e. The Balaban J connectivity index is 2.07. The van der Waals surface area contributed by atoms with Gasteiger partial charge in [0.1, 0.15) is 12.3 Å². The lowest BCUT2D eigenvalue weighted by Gasteiger charge is -2.28. The Kier molecular flexibility index (Phi) is 7.16. The lowest BCUT2D eigenvalue weighted by molar-refractivity contribution is -0.142. The molecule has 9 nitrogen and oxygen atoms in total. The van der Waals surface area contributed by atoms with Crippen molar-refractivity contribution >= 4 is 29.5 Å². The SMILES string of the molecule is CCCCOC(=O)CNC(=O)c1ccc(OC)c(N2CCC(=O)NC2=O)c1. The number of nitrogens with zero attached hydrogens (tertiary/aromatic N) is 1. The fraction of sp³-hybridized carbons (Fsp3) is 0.444. The maximum atomic E-state index is 12.3. The van der Waals surface area contributed by atoms with Gasteiger partial charge in [0, 0.05) is 18.5 Å². The van der Waals surface area contributed by atoms with Gasteiger partial charge in [-0.25, -0.2) is 4.79 Å². The van der Waals surface area contributed by atoms with E-state index >= 15 is 0 Å². The highest BCUT2D eigenvalue weighted by Crippen LogP contribution is 2.30. The van der Waals surface area contributed by atoms with E-state index in [9.17, 15) is 19.2 Å². The maximum Gasteiger partial charge on any atom is 0.328 e. The number of nitrogens with one attached hydrogen (secondary N) is 2. The van der Waals surface area contributed by atoms with Crippen LogP contribution in [0, 0.1) is 0 Å². The molecule has 0 spiro atoms. The average Bonchev–Trinajstić information content (AvgIpc) is 2.66. The van der Waals surface area contributed by atoms with Crippen LogP contribution < -0.4 is 20.3 Å². The predicted molar refractivity (Wildman–Crippen MR) is 96.7 cm³/mol. The molecule has 0 unspecified atom stereocenters. The zero-order valence-electron chi connectivity index (χ0n) is 15.4. The molecule has 1 heterocycles. The molecule has 1 fully saturated rings. The second-order valence-corrected chi connectivity index (χ2v) is 5.90. The van der Waals surface area contributed by atoms with E-state index in [-0.39, 0.29) is 31.0 Å². The maximum absolute atomic E-state index is 12.3. The first-order valence-electron chi connectivity index (χ1n) is 8.69. The number of rotatable bonds is 8. The van der Waals surface area contributed by atoms with Crippen molar-refractivity contribution in [3.63, 3.8) is 0 Å². The van der Waals surface area contributed by atoms with Crippen molar-refractivity contribution in [2.75, 3.05) is 31.7 Å². The molecular weight excluding hydrogens is 354 g/mol. The number of esters is 1. The fourth-order valence-electron chi connectivity index (χ4n) is 2.47. The molecule has 1 aromatic rings. The predicted octanol–water partition coefficient (Wildman–Crippen LogP) is 1.21. The van der Waals surface area contributed by atoms with E-state index in [4.69, 9.17) is 9.47 Å². The Labute approximate surface area is 157 Å². The van der Waals surface area contributed by atoms with Gasteiger partial charge < -0.3 is 14.8 Å². The number of urea groups is 1. The van der Waals surface area contributed by atoms with Crippen LogP contribution in [0.15, 0.2) is 18.2 Å². The van der Waals surface area contributed by atoms with Gasteiger partial charge in [-0.1, -0.05) is 13.3 Å². The zero-order valence-corrected chi connectivity index (χ0v) is 15.4. The van der Waals surface area contributed by atoms with Gasteiger partial charge in [-0.05, 0) is 24.6 Å². The number of ether oxygens (including phenoxy) is 2. The molecule has 1 aliphatic rings. The van der Waals surface area contributed by atoms with Crippen molar-refractivity contribution < 1.29 is 28.7 Å². The molecular formula is C18H23N3O6. The van der Waals surface area contributed by atoms with Gasteiger partial charge >= 0.3 is 12.0 Å². The summed E-state index contributed by atoms with van der Waals surface area (Å²) in [6, 6.07) is 3.97. The highest BCUT2D eigenvalue weighted by molar-refractivity contribution is 6.07. The molecule has 1 saturated heterocycles. The van der Waals surface area contributed by atoms with Crippen LogP contribution in [0.4, 0.5) is 10.5 Å². The average molecular weight is 377 g/mol. The minimum Gasteiger partial charge on any atom is -0.495 e. The molecule has 1 aromatic carbocycles. The van der Waals surface area contributed by atoms with E-state index in [1.807, 2.05) is 6.92 Å². The highest BCUT2D eigenvalue weighted by atomic mass is 16.5. The summed E-state index contributed by atoms with van der Waals surface area (Å²) in [5, 5.41) is 4.71. The van der Waals surface area contributed by atoms with E-state index < -0.39 is 17.9 Å². The number of hydrogen-bond acceptors (Lipinski definition) is 6. The van der Waals surface area contributed by atoms with E-state index in [0.717, 1.165) is 12.8 Å². The number of hydrogen-bond donors (Lipinski definition) is 2. The van der Waals surface area contributed by atoms with Gasteiger partial charge in [0.2, 0.25) is 5.91 Å². The Morgan fingerprint density at radius 1 is 1.30 bits per heavy atom. The van der Waals surface area contributed by atoms with Crippen LogP contribution in [0.2, 0.25) is 0 Å². The summed E-state index contributed by atoms with van der Waals surface area (Å²) >= 11 is 0. The summed E-state index contributed by atoms with van der Waals surface area (Å²) in [6.45, 7) is 2.23. The topological polar surface area (TPSA) is 114 Å². The van der Waals surface area contributed by atoms with Crippen molar-refractivity contribution in [2.24, 2.45) is 0 Å². The number of carbonyl (C=O) groups excluding carboxylic acids is 4. The van der Waals surface area contributed by atoms with Crippen molar-refractivity contribution in [1.82, 2.24) is 10.6 Å². The van der Waals surface area contributed by atoms with E-state index in [1.165, 1.54) is 24.1 Å². The number of carbonyl (C=O) groups is 4. The molecule has 27 heavy (non-hydrogen) atoms. The Morgan fingerprint density at radius 2 is 2.07 bits per heavy atom. The highest BCUT2D eigenvalue weighted by Gasteiger charge is 2.27. The van der Waals surface area contributed by atoms with Crippen molar-refractivity contribution in [1.29, 1.82) is 0 Å². The molecule has 0 atom stereocenters. The third-order valence-electron chi connectivity index (χ3n) is 3.94. The van der Waals surface area contributed by atoms with Crippen molar-refractivity contribution in [3.8, 4) is 5.75 Å². The van der Waals surface area contributed by atoms with Crippen LogP contribution in [0.25, 0.3) is 0 Å². The molecule has 0 aromatic heterocycles. The van der Waals surface area contributed by atoms with Gasteiger partial charge in [0.25, 0.3) is 5.91 Å². The van der Waals surface area contributed by atoms with Crippen molar-refractivity contribution in [2.45, 2.75) is 26.2 Å². The minimum atomic E-state index is -0.582. The third kappa shape index (κ3) is 5.44. The lowest BCUT2D eigenvalue weighted by atomic mass is 10.1. The number of amides is 4. The summed E-state index contributed by atoms with van der Waals surface area (Å²) in [6.07, 6.45) is 1.82. The van der Waals surface area contributed by atoms with E-state index in [0.29, 0.717) is 18.0 Å². The van der Waals surface area contributed by atoms with Gasteiger partial charge in [0.15, 0.2) is 0 Å². The van der Waals surface area contributed by atoms with Crippen LogP contribution in [0.5, 0.6) is 5.75 Å². The first-order chi connectivity index (χ1) is 13.0. The van der Waals surface area contributed by atoms with Crippen LogP contribution in [0.1, 0.15) is 36.5 Å². The van der Waals surface area contributed by atoms with E-state index in [2.05, 4.69) is 10.6 Å². The first-order valence-corrected chi connectivity index (χ1v) is 8.69. The molecule has 0 saturated carbocycles. The van der Waals surface area contributed by atoms with Crippen LogP contribution in [-0.2, 0) is 14.3 Å². The molecule has 146 valence electrons. The van der Waals surface area contributed by atoms with E-state index in [1.54, 1.807) is 6.07 Å². The molecule has 0 bridgehead atoms. The number of anilines is 1. The fourth-order valence-corrected chi connectivity index (χ4v) is 2.47. The monoisotopic (exact) mass is 377 g/mol. The number of benzene rings is 1. The number of methoxy groups -OCH3 is 1. The summed E-state index contributed by atoms with van der Waals surface area (Å²) < 4.78 is 10.2. The third-order valence-corrected chi connectivity index (χ3v) is 3.94. The molecule has 0 radical (unpaired) electrons. The summed E-state index contributed by atoms with van der Waals surface area (Å²) in [4.78, 5) is 48.6. The summed E-state index contributed by atoms with van der Waals surface area (Å²) in [7, 11) is 1.44. The number of unbranched alkanes of at least 4 members (excludes halogenated alkanes) is 1. The first kappa shape index (κ1) is 20.2. The van der Waals surface area contributed by atoms with Crippen LogP contribution >= 0.6 is 0 Å².